The fraction of sp³-hybridized carbons (Fsp3) is 0.500. The molecule has 1 aliphatic carbocycles. The maximum atomic E-state index is 13.1. The number of aromatic amines is 1. The molecule has 1 unspecified atom stereocenters. The van der Waals surface area contributed by atoms with Crippen LogP contribution in [0.5, 0.6) is 0 Å². The molecule has 1 aromatic carbocycles. The summed E-state index contributed by atoms with van der Waals surface area (Å²) in [5.41, 5.74) is 0.336. The van der Waals surface area contributed by atoms with Crippen LogP contribution < -0.4 is 5.56 Å². The molecule has 0 radical (unpaired) electrons. The summed E-state index contributed by atoms with van der Waals surface area (Å²) in [5.74, 6) is -0.0219. The van der Waals surface area contributed by atoms with E-state index in [0.29, 0.717) is 42.6 Å². The molecule has 2 heterocycles. The van der Waals surface area contributed by atoms with E-state index < -0.39 is 5.92 Å². The first-order valence-corrected chi connectivity index (χ1v) is 9.61. The van der Waals surface area contributed by atoms with E-state index in [0.717, 1.165) is 19.3 Å². The van der Waals surface area contributed by atoms with Gasteiger partial charge < -0.3 is 9.80 Å². The van der Waals surface area contributed by atoms with Gasteiger partial charge in [-0.2, -0.15) is 5.10 Å². The van der Waals surface area contributed by atoms with Crippen LogP contribution in [-0.4, -0.2) is 58.0 Å². The molecule has 1 aromatic heterocycles. The molecule has 4 rings (SSSR count). The lowest BCUT2D eigenvalue weighted by Crippen LogP contribution is -2.39. The Balaban J connectivity index is 1.52. The van der Waals surface area contributed by atoms with Crippen molar-refractivity contribution in [3.8, 4) is 0 Å². The van der Waals surface area contributed by atoms with E-state index in [1.165, 1.54) is 0 Å². The second-order valence-electron chi connectivity index (χ2n) is 7.48. The molecule has 0 spiro atoms. The van der Waals surface area contributed by atoms with Crippen LogP contribution in [0.4, 0.5) is 0 Å². The van der Waals surface area contributed by atoms with E-state index in [-0.39, 0.29) is 23.3 Å². The number of amides is 2. The first kappa shape index (κ1) is 17.7. The largest absolute Gasteiger partial charge is 0.341 e. The lowest BCUT2D eigenvalue weighted by atomic mass is 10.00. The van der Waals surface area contributed by atoms with E-state index >= 15 is 0 Å². The van der Waals surface area contributed by atoms with Gasteiger partial charge in [-0.25, -0.2) is 5.10 Å². The van der Waals surface area contributed by atoms with Gasteiger partial charge in [0.05, 0.1) is 17.0 Å². The molecule has 2 fully saturated rings. The van der Waals surface area contributed by atoms with Gasteiger partial charge >= 0.3 is 0 Å². The first-order valence-electron chi connectivity index (χ1n) is 9.61. The maximum Gasteiger partial charge on any atom is 0.272 e. The van der Waals surface area contributed by atoms with Crippen molar-refractivity contribution in [1.29, 1.82) is 0 Å². The summed E-state index contributed by atoms with van der Waals surface area (Å²) in [6.45, 7) is 4.32. The Hall–Kier alpha value is -2.70. The highest BCUT2D eigenvalue weighted by molar-refractivity contribution is 5.91. The predicted octanol–water partition coefficient (Wildman–Crippen LogP) is 1.50. The molecule has 142 valence electrons. The molecule has 0 bridgehead atoms. The Morgan fingerprint density at radius 2 is 1.74 bits per heavy atom. The van der Waals surface area contributed by atoms with Gasteiger partial charge in [0, 0.05) is 37.5 Å². The van der Waals surface area contributed by atoms with Crippen LogP contribution in [-0.2, 0) is 9.59 Å². The van der Waals surface area contributed by atoms with Crippen LogP contribution in [0.2, 0.25) is 0 Å². The molecule has 7 nitrogen and oxygen atoms in total. The normalized spacial score (nSPS) is 19.0. The molecule has 1 atom stereocenters. The van der Waals surface area contributed by atoms with Gasteiger partial charge in [-0.05, 0) is 32.3 Å². The van der Waals surface area contributed by atoms with E-state index in [9.17, 15) is 14.4 Å². The number of hydrogen-bond acceptors (Lipinski definition) is 4. The van der Waals surface area contributed by atoms with Gasteiger partial charge in [0.15, 0.2) is 0 Å². The number of hydrogen-bond donors (Lipinski definition) is 1. The highest BCUT2D eigenvalue weighted by Gasteiger charge is 2.35. The zero-order valence-corrected chi connectivity index (χ0v) is 15.5. The molecule has 1 aliphatic heterocycles. The van der Waals surface area contributed by atoms with Gasteiger partial charge in [-0.1, -0.05) is 18.2 Å². The molecule has 1 saturated carbocycles. The maximum absolute atomic E-state index is 13.1. The number of carbonyl (C=O) groups excluding carboxylic acids is 2. The number of rotatable bonds is 3. The zero-order valence-electron chi connectivity index (χ0n) is 15.5. The van der Waals surface area contributed by atoms with Crippen LogP contribution in [0.3, 0.4) is 0 Å². The second kappa shape index (κ2) is 7.13. The molecule has 27 heavy (non-hydrogen) atoms. The fourth-order valence-electron chi connectivity index (χ4n) is 3.80. The summed E-state index contributed by atoms with van der Waals surface area (Å²) in [6, 6.07) is 7.21. The van der Waals surface area contributed by atoms with Crippen molar-refractivity contribution < 1.29 is 9.59 Å². The highest BCUT2D eigenvalue weighted by Crippen LogP contribution is 2.31. The second-order valence-corrected chi connectivity index (χ2v) is 7.48. The number of H-pyrrole nitrogens is 1. The van der Waals surface area contributed by atoms with E-state index in [1.807, 2.05) is 28.9 Å². The smallest absolute Gasteiger partial charge is 0.272 e. The molecule has 2 aromatic rings. The predicted molar refractivity (Wildman–Crippen MR) is 101 cm³/mol. The summed E-state index contributed by atoms with van der Waals surface area (Å²) >= 11 is 0. The average molecular weight is 368 g/mol. The monoisotopic (exact) mass is 368 g/mol. The van der Waals surface area contributed by atoms with Gasteiger partial charge in [0.2, 0.25) is 11.8 Å². The summed E-state index contributed by atoms with van der Waals surface area (Å²) in [4.78, 5) is 41.1. The van der Waals surface area contributed by atoms with Gasteiger partial charge in [-0.15, -0.1) is 0 Å². The van der Waals surface area contributed by atoms with Crippen LogP contribution in [0.1, 0.15) is 37.8 Å². The number of carbonyl (C=O) groups is 2. The molecular weight excluding hydrogens is 344 g/mol. The minimum Gasteiger partial charge on any atom is -0.341 e. The lowest BCUT2D eigenvalue weighted by Gasteiger charge is -2.25. The summed E-state index contributed by atoms with van der Waals surface area (Å²) in [6.07, 6.45) is 2.79. The molecule has 1 saturated heterocycles. The standard InChI is InChI=1S/C20H24N4O3/c1-13(17-15-5-2-3-6-16(15)18(25)22-21-17)19(26)23-9-4-10-24(12-11-23)20(27)14-7-8-14/h2-3,5-6,13-14H,4,7-12H2,1H3,(H,22,25). The summed E-state index contributed by atoms with van der Waals surface area (Å²) < 4.78 is 0. The van der Waals surface area contributed by atoms with Crippen molar-refractivity contribution in [2.45, 2.75) is 32.1 Å². The highest BCUT2D eigenvalue weighted by atomic mass is 16.2. The van der Waals surface area contributed by atoms with Gasteiger partial charge in [0.25, 0.3) is 5.56 Å². The Bertz CT molecular complexity index is 934. The van der Waals surface area contributed by atoms with E-state index in [4.69, 9.17) is 0 Å². The molecule has 1 N–H and O–H groups in total. The van der Waals surface area contributed by atoms with Crippen molar-refractivity contribution in [3.63, 3.8) is 0 Å². The van der Waals surface area contributed by atoms with Crippen molar-refractivity contribution in [1.82, 2.24) is 20.0 Å². The Morgan fingerprint density at radius 3 is 2.48 bits per heavy atom. The third-order valence-corrected chi connectivity index (χ3v) is 5.55. The molecule has 2 aliphatic rings. The van der Waals surface area contributed by atoms with Crippen molar-refractivity contribution >= 4 is 22.6 Å². The van der Waals surface area contributed by atoms with Crippen LogP contribution in [0.25, 0.3) is 10.8 Å². The Morgan fingerprint density at radius 1 is 1.07 bits per heavy atom. The van der Waals surface area contributed by atoms with Crippen molar-refractivity contribution in [2.75, 3.05) is 26.2 Å². The summed E-state index contributed by atoms with van der Waals surface area (Å²) in [7, 11) is 0. The SMILES string of the molecule is CC(C(=O)N1CCCN(C(=O)C2CC2)CC1)c1n[nH]c(=O)c2ccccc12. The average Bonchev–Trinajstić information content (AvgIpc) is 3.54. The first-order chi connectivity index (χ1) is 13.1. The summed E-state index contributed by atoms with van der Waals surface area (Å²) in [5, 5.41) is 7.93. The van der Waals surface area contributed by atoms with Crippen LogP contribution in [0.15, 0.2) is 29.1 Å². The van der Waals surface area contributed by atoms with Crippen LogP contribution in [0, 0.1) is 5.92 Å². The third-order valence-electron chi connectivity index (χ3n) is 5.55. The number of nitrogens with one attached hydrogen (secondary N) is 1. The van der Waals surface area contributed by atoms with Gasteiger partial charge in [0.1, 0.15) is 0 Å². The van der Waals surface area contributed by atoms with Crippen molar-refractivity contribution in [2.24, 2.45) is 5.92 Å². The minimum atomic E-state index is -0.461. The number of benzene rings is 1. The number of aromatic nitrogens is 2. The van der Waals surface area contributed by atoms with Crippen LogP contribution >= 0.6 is 0 Å². The van der Waals surface area contributed by atoms with Gasteiger partial charge in [-0.3, -0.25) is 14.4 Å². The number of nitrogens with zero attached hydrogens (tertiary/aromatic N) is 3. The molecule has 7 heteroatoms. The quantitative estimate of drug-likeness (QED) is 0.889. The lowest BCUT2D eigenvalue weighted by molar-refractivity contribution is -0.134. The minimum absolute atomic E-state index is 0.0135. The fourth-order valence-corrected chi connectivity index (χ4v) is 3.80. The molecule has 2 amide bonds. The topological polar surface area (TPSA) is 86.4 Å². The Labute approximate surface area is 157 Å². The Kier molecular flexibility index (Phi) is 4.68. The van der Waals surface area contributed by atoms with E-state index in [2.05, 4.69) is 10.2 Å². The number of fused-ring (bicyclic) bond motifs is 1. The van der Waals surface area contributed by atoms with Crippen molar-refractivity contribution in [3.05, 3.63) is 40.3 Å². The van der Waals surface area contributed by atoms with E-state index in [1.54, 1.807) is 12.1 Å². The third kappa shape index (κ3) is 3.46. The zero-order chi connectivity index (χ0) is 19.0. The molecular formula is C20H24N4O3.